The van der Waals surface area contributed by atoms with Crippen molar-refractivity contribution in [3.8, 4) is 33.6 Å². The molecule has 2 fully saturated rings. The van der Waals surface area contributed by atoms with Crippen molar-refractivity contribution >= 4 is 24.0 Å². The molecule has 0 bridgehead atoms. The van der Waals surface area contributed by atoms with Crippen molar-refractivity contribution in [3.05, 3.63) is 72.6 Å². The van der Waals surface area contributed by atoms with Crippen LogP contribution >= 0.6 is 0 Å². The first-order valence-corrected chi connectivity index (χ1v) is 19.4. The van der Waals surface area contributed by atoms with E-state index in [4.69, 9.17) is 9.47 Å². The number of aromatic amines is 2. The monoisotopic (exact) mass is 766 g/mol. The minimum Gasteiger partial charge on any atom is -0.444 e. The molecule has 1 unspecified atom stereocenters. The Kier molecular flexibility index (Phi) is 11.6. The molecule has 4 aromatic rings. The van der Waals surface area contributed by atoms with Gasteiger partial charge in [0.25, 0.3) is 0 Å². The average molecular weight is 767 g/mol. The number of imidazole rings is 2. The SMILES string of the molecule is C[C@H](NC(=O)OC(C)(C)C)C(=O)N1CCCC1c1ncc(-c2ccc(-c3ccc(-c4cnc([C@@H]5CCCN5C(=O)[C@H](C)NC(=O)OC(C)(C)C)[nH]4)cc3)cc2)[nH]1. The number of alkyl carbamates (subject to hydrolysis) is 2. The number of nitrogens with zero attached hydrogens (tertiary/aromatic N) is 4. The Bertz CT molecular complexity index is 1880. The van der Waals surface area contributed by atoms with Crippen LogP contribution in [0.4, 0.5) is 9.59 Å². The van der Waals surface area contributed by atoms with Gasteiger partial charge in [-0.2, -0.15) is 0 Å². The quantitative estimate of drug-likeness (QED) is 0.137. The molecule has 2 aromatic carbocycles. The number of carbonyl (C=O) groups is 4. The van der Waals surface area contributed by atoms with Crippen molar-refractivity contribution in [1.29, 1.82) is 0 Å². The lowest BCUT2D eigenvalue weighted by molar-refractivity contribution is -0.134. The number of carbonyl (C=O) groups excluding carboxylic acids is 4. The second kappa shape index (κ2) is 16.2. The third-order valence-electron chi connectivity index (χ3n) is 9.83. The molecule has 2 aliphatic rings. The van der Waals surface area contributed by atoms with E-state index in [0.29, 0.717) is 24.7 Å². The molecule has 4 amide bonds. The lowest BCUT2D eigenvalue weighted by Crippen LogP contribution is -2.48. The van der Waals surface area contributed by atoms with Crippen LogP contribution in [0.2, 0.25) is 0 Å². The Hall–Kier alpha value is -5.66. The molecule has 4 N–H and O–H groups in total. The van der Waals surface area contributed by atoms with E-state index >= 15 is 0 Å². The van der Waals surface area contributed by atoms with E-state index in [1.165, 1.54) is 0 Å². The van der Waals surface area contributed by atoms with Gasteiger partial charge in [-0.25, -0.2) is 19.6 Å². The van der Waals surface area contributed by atoms with Gasteiger partial charge >= 0.3 is 12.2 Å². The molecular formula is C42H54N8O6. The van der Waals surface area contributed by atoms with E-state index in [9.17, 15) is 19.2 Å². The van der Waals surface area contributed by atoms with Crippen LogP contribution in [-0.4, -0.2) is 90.1 Å². The molecule has 0 saturated carbocycles. The fourth-order valence-electron chi connectivity index (χ4n) is 7.21. The molecule has 6 rings (SSSR count). The molecule has 14 nitrogen and oxygen atoms in total. The molecule has 4 atom stereocenters. The van der Waals surface area contributed by atoms with Gasteiger partial charge in [0.15, 0.2) is 0 Å². The van der Waals surface area contributed by atoms with Gasteiger partial charge in [0.2, 0.25) is 11.8 Å². The summed E-state index contributed by atoms with van der Waals surface area (Å²) in [6.07, 6.45) is 5.59. The summed E-state index contributed by atoms with van der Waals surface area (Å²) in [5.41, 5.74) is 4.45. The molecule has 0 aliphatic carbocycles. The first-order chi connectivity index (χ1) is 26.5. The highest BCUT2D eigenvalue weighted by molar-refractivity contribution is 5.86. The molecule has 4 heterocycles. The van der Waals surface area contributed by atoms with Crippen molar-refractivity contribution in [3.63, 3.8) is 0 Å². The number of nitrogens with one attached hydrogen (secondary N) is 4. The number of aromatic nitrogens is 4. The second-order valence-corrected chi connectivity index (χ2v) is 16.6. The smallest absolute Gasteiger partial charge is 0.408 e. The standard InChI is InChI=1S/C42H54N8O6/c1-25(45-39(53)55-41(3,4)5)37(51)49-21-9-11-33(49)35-43-23-31(47-35)29-17-13-27(14-18-29)28-15-19-30(20-16-28)32-24-44-36(48-32)34-12-10-22-50(34)38(52)26(2)46-40(54)56-42(6,7)8/h13-20,23-26,33-34H,9-12,21-22H2,1-8H3,(H,43,47)(H,44,48)(H,45,53)(H,46,54)/t25-,26-,33-,34?/m0/s1. The molecular weight excluding hydrogens is 713 g/mol. The van der Waals surface area contributed by atoms with Gasteiger partial charge in [-0.05, 0) is 103 Å². The fraction of sp³-hybridized carbons (Fsp3) is 0.476. The Morgan fingerprint density at radius 2 is 0.964 bits per heavy atom. The highest BCUT2D eigenvalue weighted by Gasteiger charge is 2.36. The normalized spacial score (nSPS) is 18.4. The van der Waals surface area contributed by atoms with E-state index in [1.54, 1.807) is 77.6 Å². The zero-order valence-electron chi connectivity index (χ0n) is 33.6. The third kappa shape index (κ3) is 9.58. The van der Waals surface area contributed by atoms with E-state index in [2.05, 4.69) is 54.8 Å². The molecule has 14 heteroatoms. The second-order valence-electron chi connectivity index (χ2n) is 16.6. The van der Waals surface area contributed by atoms with Crippen LogP contribution in [0.25, 0.3) is 33.6 Å². The van der Waals surface area contributed by atoms with Gasteiger partial charge in [-0.15, -0.1) is 0 Å². The number of H-pyrrole nitrogens is 2. The number of likely N-dealkylation sites (tertiary alicyclic amines) is 2. The van der Waals surface area contributed by atoms with Crippen molar-refractivity contribution in [2.75, 3.05) is 13.1 Å². The summed E-state index contributed by atoms with van der Waals surface area (Å²) >= 11 is 0. The fourth-order valence-corrected chi connectivity index (χ4v) is 7.21. The van der Waals surface area contributed by atoms with Crippen LogP contribution in [0.1, 0.15) is 105 Å². The summed E-state index contributed by atoms with van der Waals surface area (Å²) in [5.74, 6) is 1.09. The summed E-state index contributed by atoms with van der Waals surface area (Å²) in [5, 5.41) is 5.32. The lowest BCUT2D eigenvalue weighted by atomic mass is 10.0. The van der Waals surface area contributed by atoms with Crippen molar-refractivity contribution < 1.29 is 28.7 Å². The predicted molar refractivity (Wildman–Crippen MR) is 212 cm³/mol. The molecule has 2 aliphatic heterocycles. The van der Waals surface area contributed by atoms with Crippen molar-refractivity contribution in [2.45, 2.75) is 116 Å². The molecule has 2 saturated heterocycles. The van der Waals surface area contributed by atoms with Crippen molar-refractivity contribution in [2.24, 2.45) is 0 Å². The molecule has 0 radical (unpaired) electrons. The number of hydrogen-bond donors (Lipinski definition) is 4. The van der Waals surface area contributed by atoms with Crippen LogP contribution < -0.4 is 10.6 Å². The maximum Gasteiger partial charge on any atom is 0.408 e. The summed E-state index contributed by atoms with van der Waals surface area (Å²) in [6, 6.07) is 14.6. The number of rotatable bonds is 9. The van der Waals surface area contributed by atoms with E-state index in [0.717, 1.165) is 59.3 Å². The minimum absolute atomic E-state index is 0.173. The highest BCUT2D eigenvalue weighted by atomic mass is 16.6. The van der Waals surface area contributed by atoms with Crippen LogP contribution in [-0.2, 0) is 19.1 Å². The Labute approximate surface area is 328 Å². The zero-order chi connectivity index (χ0) is 40.4. The summed E-state index contributed by atoms with van der Waals surface area (Å²) in [6.45, 7) is 15.2. The van der Waals surface area contributed by atoms with Crippen LogP contribution in [0.3, 0.4) is 0 Å². The number of amides is 4. The van der Waals surface area contributed by atoms with Gasteiger partial charge in [-0.1, -0.05) is 48.5 Å². The molecule has 0 spiro atoms. The van der Waals surface area contributed by atoms with E-state index in [1.807, 2.05) is 24.3 Å². The van der Waals surface area contributed by atoms with Gasteiger partial charge in [0.1, 0.15) is 34.9 Å². The molecule has 2 aromatic heterocycles. The first kappa shape index (κ1) is 40.0. The largest absolute Gasteiger partial charge is 0.444 e. The van der Waals surface area contributed by atoms with E-state index < -0.39 is 35.5 Å². The van der Waals surface area contributed by atoms with Gasteiger partial charge in [-0.3, -0.25) is 9.59 Å². The maximum absolute atomic E-state index is 13.3. The first-order valence-electron chi connectivity index (χ1n) is 19.4. The third-order valence-corrected chi connectivity index (χ3v) is 9.83. The van der Waals surface area contributed by atoms with Gasteiger partial charge in [0.05, 0.1) is 35.9 Å². The number of ether oxygens (including phenoxy) is 2. The zero-order valence-corrected chi connectivity index (χ0v) is 33.6. The molecule has 298 valence electrons. The topological polar surface area (TPSA) is 175 Å². The van der Waals surface area contributed by atoms with Gasteiger partial charge < -0.3 is 39.9 Å². The molecule has 56 heavy (non-hydrogen) atoms. The van der Waals surface area contributed by atoms with Crippen LogP contribution in [0.15, 0.2) is 60.9 Å². The van der Waals surface area contributed by atoms with Crippen LogP contribution in [0, 0.1) is 0 Å². The van der Waals surface area contributed by atoms with Crippen LogP contribution in [0.5, 0.6) is 0 Å². The van der Waals surface area contributed by atoms with E-state index in [-0.39, 0.29) is 23.9 Å². The Balaban J connectivity index is 1.06. The summed E-state index contributed by atoms with van der Waals surface area (Å²) in [7, 11) is 0. The van der Waals surface area contributed by atoms with Gasteiger partial charge in [0, 0.05) is 13.1 Å². The lowest BCUT2D eigenvalue weighted by Gasteiger charge is -2.27. The highest BCUT2D eigenvalue weighted by Crippen LogP contribution is 2.34. The summed E-state index contributed by atoms with van der Waals surface area (Å²) in [4.78, 5) is 70.9. The Morgan fingerprint density at radius 3 is 1.30 bits per heavy atom. The minimum atomic E-state index is -0.732. The van der Waals surface area contributed by atoms with Crippen molar-refractivity contribution in [1.82, 2.24) is 40.4 Å². The maximum atomic E-state index is 13.3. The predicted octanol–water partition coefficient (Wildman–Crippen LogP) is 7.29. The number of benzene rings is 2. The number of hydrogen-bond acceptors (Lipinski definition) is 8. The Morgan fingerprint density at radius 1 is 0.625 bits per heavy atom. The average Bonchev–Trinajstić information content (AvgIpc) is 3.96. The summed E-state index contributed by atoms with van der Waals surface area (Å²) < 4.78 is 10.7.